The molecule has 0 atom stereocenters. The highest BCUT2D eigenvalue weighted by Gasteiger charge is 2.10. The summed E-state index contributed by atoms with van der Waals surface area (Å²) in [6, 6.07) is 1.89. The highest BCUT2D eigenvalue weighted by atomic mass is 32.2. The monoisotopic (exact) mass is 219 g/mol. The Morgan fingerprint density at radius 3 is 2.50 bits per heavy atom. The first-order chi connectivity index (χ1) is 6.45. The third kappa shape index (κ3) is 2.41. The van der Waals surface area contributed by atoms with E-state index in [0.717, 1.165) is 16.7 Å². The molecule has 0 aliphatic rings. The lowest BCUT2D eigenvalue weighted by atomic mass is 10.4. The van der Waals surface area contributed by atoms with Crippen LogP contribution >= 0.6 is 0 Å². The number of hydrogen-bond donors (Lipinski definition) is 2. The molecule has 1 rings (SSSR count). The van der Waals surface area contributed by atoms with Crippen molar-refractivity contribution >= 4 is 10.1 Å². The van der Waals surface area contributed by atoms with Gasteiger partial charge >= 0.3 is 0 Å². The minimum Gasteiger partial charge on any atom is -0.395 e. The van der Waals surface area contributed by atoms with E-state index in [1.54, 1.807) is 0 Å². The lowest BCUT2D eigenvalue weighted by Crippen LogP contribution is -2.21. The molecular weight excluding hydrogens is 210 g/mol. The lowest BCUT2D eigenvalue weighted by molar-refractivity contribution is 0.274. The molecule has 6 nitrogen and oxygen atoms in total. The summed E-state index contributed by atoms with van der Waals surface area (Å²) in [5, 5.41) is 8.55. The maximum atomic E-state index is 11.2. The molecule has 0 radical (unpaired) electrons. The minimum absolute atomic E-state index is 0.0879. The van der Waals surface area contributed by atoms with Crippen molar-refractivity contribution in [3.8, 4) is 0 Å². The Morgan fingerprint density at radius 2 is 2.07 bits per heavy atom. The van der Waals surface area contributed by atoms with Crippen molar-refractivity contribution in [2.24, 2.45) is 0 Å². The van der Waals surface area contributed by atoms with Crippen LogP contribution in [0.1, 0.15) is 0 Å². The highest BCUT2D eigenvalue weighted by molar-refractivity contribution is 7.85. The van der Waals surface area contributed by atoms with Crippen molar-refractivity contribution in [2.75, 3.05) is 6.61 Å². The van der Waals surface area contributed by atoms with E-state index in [4.69, 9.17) is 9.66 Å². The quantitative estimate of drug-likeness (QED) is 0.641. The minimum atomic E-state index is -4.33. The van der Waals surface area contributed by atoms with Crippen LogP contribution in [0.3, 0.4) is 0 Å². The summed E-state index contributed by atoms with van der Waals surface area (Å²) in [4.78, 5) is 10.7. The topological polar surface area (TPSA) is 96.6 Å². The second kappa shape index (κ2) is 3.91. The molecular formula is C7H9NO5S. The van der Waals surface area contributed by atoms with Crippen LogP contribution < -0.4 is 5.56 Å². The van der Waals surface area contributed by atoms with Crippen molar-refractivity contribution in [2.45, 2.75) is 11.4 Å². The van der Waals surface area contributed by atoms with Crippen LogP contribution in [0.5, 0.6) is 0 Å². The SMILES string of the molecule is O=c1cc(S(=O)(=O)O)ccn1CCO. The zero-order valence-corrected chi connectivity index (χ0v) is 7.94. The molecule has 1 heterocycles. The molecule has 7 heteroatoms. The highest BCUT2D eigenvalue weighted by Crippen LogP contribution is 2.03. The van der Waals surface area contributed by atoms with E-state index in [-0.39, 0.29) is 13.2 Å². The molecule has 0 aromatic carbocycles. The van der Waals surface area contributed by atoms with Crippen molar-refractivity contribution < 1.29 is 18.1 Å². The van der Waals surface area contributed by atoms with E-state index < -0.39 is 20.6 Å². The molecule has 0 saturated carbocycles. The number of rotatable bonds is 3. The average molecular weight is 219 g/mol. The van der Waals surface area contributed by atoms with Crippen LogP contribution in [0.4, 0.5) is 0 Å². The van der Waals surface area contributed by atoms with Gasteiger partial charge in [-0.25, -0.2) is 0 Å². The van der Waals surface area contributed by atoms with Crippen LogP contribution in [0.15, 0.2) is 28.0 Å². The summed E-state index contributed by atoms with van der Waals surface area (Å²) >= 11 is 0. The first-order valence-corrected chi connectivity index (χ1v) is 5.18. The Hall–Kier alpha value is -1.18. The third-order valence-corrected chi connectivity index (χ3v) is 2.46. The van der Waals surface area contributed by atoms with Gasteiger partial charge in [-0.05, 0) is 6.07 Å². The van der Waals surface area contributed by atoms with Crippen LogP contribution in [0.25, 0.3) is 0 Å². The van der Waals surface area contributed by atoms with Crippen LogP contribution in [0.2, 0.25) is 0 Å². The van der Waals surface area contributed by atoms with Gasteiger partial charge in [0, 0.05) is 18.8 Å². The molecule has 0 saturated heterocycles. The van der Waals surface area contributed by atoms with Gasteiger partial charge in [0.1, 0.15) is 4.90 Å². The summed E-state index contributed by atoms with van der Waals surface area (Å²) in [5.41, 5.74) is -0.589. The number of aliphatic hydroxyl groups excluding tert-OH is 1. The molecule has 0 fully saturated rings. The fourth-order valence-electron chi connectivity index (χ4n) is 0.943. The summed E-state index contributed by atoms with van der Waals surface area (Å²) in [5.74, 6) is 0. The smallest absolute Gasteiger partial charge is 0.294 e. The first-order valence-electron chi connectivity index (χ1n) is 3.74. The average Bonchev–Trinajstić information content (AvgIpc) is 2.07. The molecule has 1 aromatic rings. The molecule has 2 N–H and O–H groups in total. The Balaban J connectivity index is 3.20. The van der Waals surface area contributed by atoms with E-state index in [0.29, 0.717) is 0 Å². The molecule has 14 heavy (non-hydrogen) atoms. The van der Waals surface area contributed by atoms with Gasteiger partial charge in [0.2, 0.25) is 0 Å². The number of hydrogen-bond acceptors (Lipinski definition) is 4. The van der Waals surface area contributed by atoms with Gasteiger partial charge in [0.05, 0.1) is 6.61 Å². The molecule has 0 spiro atoms. The lowest BCUT2D eigenvalue weighted by Gasteiger charge is -2.02. The van der Waals surface area contributed by atoms with Crippen molar-refractivity contribution in [3.63, 3.8) is 0 Å². The van der Waals surface area contributed by atoms with Gasteiger partial charge in [0.15, 0.2) is 0 Å². The van der Waals surface area contributed by atoms with Gasteiger partial charge in [0.25, 0.3) is 15.7 Å². The predicted octanol–water partition coefficient (Wildman–Crippen LogP) is -0.913. The normalized spacial score (nSPS) is 11.6. The standard InChI is InChI=1S/C7H9NO5S/c9-4-3-8-2-1-6(5-7(8)10)14(11,12)13/h1-2,5,9H,3-4H2,(H,11,12,13). The summed E-state index contributed by atoms with van der Waals surface area (Å²) in [7, 11) is -4.33. The Labute approximate surface area is 80.2 Å². The number of aromatic nitrogens is 1. The van der Waals surface area contributed by atoms with Gasteiger partial charge < -0.3 is 9.67 Å². The third-order valence-electron chi connectivity index (χ3n) is 1.61. The predicted molar refractivity (Wildman–Crippen MR) is 47.6 cm³/mol. The van der Waals surface area contributed by atoms with Crippen molar-refractivity contribution in [1.82, 2.24) is 4.57 Å². The largest absolute Gasteiger partial charge is 0.395 e. The van der Waals surface area contributed by atoms with E-state index >= 15 is 0 Å². The number of aliphatic hydroxyl groups is 1. The first kappa shape index (κ1) is 10.9. The van der Waals surface area contributed by atoms with Crippen LogP contribution in [-0.4, -0.2) is 29.3 Å². The molecule has 0 aliphatic heterocycles. The van der Waals surface area contributed by atoms with E-state index in [2.05, 4.69) is 0 Å². The fraction of sp³-hybridized carbons (Fsp3) is 0.286. The number of pyridine rings is 1. The van der Waals surface area contributed by atoms with Crippen LogP contribution in [-0.2, 0) is 16.7 Å². The molecule has 0 bridgehead atoms. The maximum absolute atomic E-state index is 11.2. The molecule has 0 aliphatic carbocycles. The summed E-state index contributed by atoms with van der Waals surface area (Å²) in [6.07, 6.45) is 1.20. The van der Waals surface area contributed by atoms with E-state index in [1.807, 2.05) is 0 Å². The van der Waals surface area contributed by atoms with Gasteiger partial charge in [-0.3, -0.25) is 9.35 Å². The second-order valence-corrected chi connectivity index (χ2v) is 4.01. The summed E-state index contributed by atoms with van der Waals surface area (Å²) < 4.78 is 31.0. The van der Waals surface area contributed by atoms with Crippen molar-refractivity contribution in [1.29, 1.82) is 0 Å². The zero-order valence-electron chi connectivity index (χ0n) is 7.12. The van der Waals surface area contributed by atoms with E-state index in [9.17, 15) is 13.2 Å². The molecule has 0 unspecified atom stereocenters. The summed E-state index contributed by atoms with van der Waals surface area (Å²) in [6.45, 7) is -0.129. The van der Waals surface area contributed by atoms with Gasteiger partial charge in [-0.1, -0.05) is 0 Å². The second-order valence-electron chi connectivity index (χ2n) is 2.59. The Bertz CT molecular complexity index is 475. The Kier molecular flexibility index (Phi) is 3.04. The number of nitrogens with zero attached hydrogens (tertiary/aromatic N) is 1. The molecule has 1 aromatic heterocycles. The molecule has 78 valence electrons. The van der Waals surface area contributed by atoms with Gasteiger partial charge in [-0.2, -0.15) is 8.42 Å². The molecule has 0 amide bonds. The van der Waals surface area contributed by atoms with E-state index in [1.165, 1.54) is 6.20 Å². The maximum Gasteiger partial charge on any atom is 0.294 e. The Morgan fingerprint density at radius 1 is 1.43 bits per heavy atom. The van der Waals surface area contributed by atoms with Crippen molar-refractivity contribution in [3.05, 3.63) is 28.7 Å². The zero-order chi connectivity index (χ0) is 10.8. The van der Waals surface area contributed by atoms with Crippen LogP contribution in [0, 0.1) is 0 Å². The fourth-order valence-corrected chi connectivity index (χ4v) is 1.43. The van der Waals surface area contributed by atoms with Gasteiger partial charge in [-0.15, -0.1) is 0 Å².